The molecule has 2 aromatic rings. The van der Waals surface area contributed by atoms with Gasteiger partial charge in [-0.05, 0) is 30.7 Å². The first-order chi connectivity index (χ1) is 12.3. The maximum absolute atomic E-state index is 12.7. The lowest BCUT2D eigenvalue weighted by molar-refractivity contribution is 0.0939. The van der Waals surface area contributed by atoms with E-state index < -0.39 is 10.0 Å². The summed E-state index contributed by atoms with van der Waals surface area (Å²) in [5.74, 6) is -0.353. The Morgan fingerprint density at radius 1 is 1.12 bits per heavy atom. The molecule has 0 aliphatic heterocycles. The first-order valence-electron chi connectivity index (χ1n) is 8.46. The molecule has 1 amide bonds. The molecule has 0 aromatic heterocycles. The van der Waals surface area contributed by atoms with Crippen LogP contribution in [0.25, 0.3) is 0 Å². The van der Waals surface area contributed by atoms with Gasteiger partial charge in [-0.2, -0.15) is 4.31 Å². The zero-order chi connectivity index (χ0) is 19.3. The van der Waals surface area contributed by atoms with Gasteiger partial charge in [0, 0.05) is 18.7 Å². The van der Waals surface area contributed by atoms with Gasteiger partial charge in [-0.1, -0.05) is 55.8 Å². The summed E-state index contributed by atoms with van der Waals surface area (Å²) in [5.41, 5.74) is 1.22. The van der Waals surface area contributed by atoms with E-state index in [1.807, 2.05) is 37.3 Å². The molecule has 7 heteroatoms. The van der Waals surface area contributed by atoms with Gasteiger partial charge in [0.1, 0.15) is 4.90 Å². The van der Waals surface area contributed by atoms with Gasteiger partial charge in [-0.3, -0.25) is 4.79 Å². The molecule has 0 heterocycles. The quantitative estimate of drug-likeness (QED) is 0.775. The van der Waals surface area contributed by atoms with Gasteiger partial charge in [0.15, 0.2) is 0 Å². The van der Waals surface area contributed by atoms with Crippen LogP contribution in [-0.2, 0) is 10.0 Å². The highest BCUT2D eigenvalue weighted by Crippen LogP contribution is 2.26. The molecule has 0 unspecified atom stereocenters. The Balaban J connectivity index is 2.30. The average molecular weight is 395 g/mol. The van der Waals surface area contributed by atoms with Crippen LogP contribution in [0.3, 0.4) is 0 Å². The number of carbonyl (C=O) groups excluding carboxylic acids is 1. The highest BCUT2D eigenvalue weighted by molar-refractivity contribution is 7.89. The fourth-order valence-corrected chi connectivity index (χ4v) is 4.61. The van der Waals surface area contributed by atoms with Gasteiger partial charge in [-0.15, -0.1) is 0 Å². The molecule has 0 saturated heterocycles. The average Bonchev–Trinajstić information content (AvgIpc) is 2.63. The van der Waals surface area contributed by atoms with Crippen LogP contribution in [0.15, 0.2) is 53.4 Å². The number of halogens is 1. The number of rotatable bonds is 7. The van der Waals surface area contributed by atoms with Crippen LogP contribution in [0.1, 0.15) is 42.7 Å². The monoisotopic (exact) mass is 394 g/mol. The Morgan fingerprint density at radius 2 is 1.73 bits per heavy atom. The zero-order valence-corrected chi connectivity index (χ0v) is 16.6. The molecule has 0 saturated carbocycles. The molecule has 2 rings (SSSR count). The molecule has 0 bridgehead atoms. The van der Waals surface area contributed by atoms with E-state index in [0.29, 0.717) is 13.1 Å². The number of amides is 1. The van der Waals surface area contributed by atoms with E-state index >= 15 is 0 Å². The van der Waals surface area contributed by atoms with Crippen molar-refractivity contribution >= 4 is 27.5 Å². The molecule has 2 aromatic carbocycles. The number of hydrogen-bond donors (Lipinski definition) is 1. The molecule has 26 heavy (non-hydrogen) atoms. The summed E-state index contributed by atoms with van der Waals surface area (Å²) in [4.78, 5) is 12.5. The van der Waals surface area contributed by atoms with Crippen LogP contribution < -0.4 is 5.32 Å². The van der Waals surface area contributed by atoms with Crippen molar-refractivity contribution in [3.63, 3.8) is 0 Å². The fourth-order valence-electron chi connectivity index (χ4n) is 2.65. The second-order valence-corrected chi connectivity index (χ2v) is 8.15. The summed E-state index contributed by atoms with van der Waals surface area (Å²) in [6.45, 7) is 6.05. The molecule has 1 N–H and O–H groups in total. The van der Waals surface area contributed by atoms with Crippen LogP contribution in [0, 0.1) is 0 Å². The molecule has 0 fully saturated rings. The Hall–Kier alpha value is -1.89. The number of nitrogens with one attached hydrogen (secondary N) is 1. The van der Waals surface area contributed by atoms with E-state index in [0.717, 1.165) is 5.56 Å². The van der Waals surface area contributed by atoms with E-state index in [-0.39, 0.29) is 27.4 Å². The SMILES string of the molecule is CCN(CC)S(=O)(=O)c1cc(C(=O)N[C@@H](C)c2ccccc2)ccc1Cl. The highest BCUT2D eigenvalue weighted by Gasteiger charge is 2.25. The van der Waals surface area contributed by atoms with Gasteiger partial charge in [-0.25, -0.2) is 8.42 Å². The topological polar surface area (TPSA) is 66.5 Å². The van der Waals surface area contributed by atoms with Crippen molar-refractivity contribution in [1.82, 2.24) is 9.62 Å². The summed E-state index contributed by atoms with van der Waals surface area (Å²) in [6, 6.07) is 13.6. The molecule has 1 atom stereocenters. The Morgan fingerprint density at radius 3 is 2.31 bits per heavy atom. The van der Waals surface area contributed by atoms with E-state index in [1.165, 1.54) is 22.5 Å². The van der Waals surface area contributed by atoms with Crippen molar-refractivity contribution in [3.8, 4) is 0 Å². The standard InChI is InChI=1S/C19H23ClN2O3S/c1-4-22(5-2)26(24,25)18-13-16(11-12-17(18)20)19(23)21-14(3)15-9-7-6-8-10-15/h6-14H,4-5H2,1-3H3,(H,21,23)/t14-/m0/s1. The summed E-state index contributed by atoms with van der Waals surface area (Å²) in [5, 5.41) is 2.98. The van der Waals surface area contributed by atoms with E-state index in [9.17, 15) is 13.2 Å². The second-order valence-electron chi connectivity index (χ2n) is 5.84. The first-order valence-corrected chi connectivity index (χ1v) is 10.3. The zero-order valence-electron chi connectivity index (χ0n) is 15.1. The minimum atomic E-state index is -3.75. The fraction of sp³-hybridized carbons (Fsp3) is 0.316. The number of sulfonamides is 1. The minimum absolute atomic E-state index is 0.0529. The summed E-state index contributed by atoms with van der Waals surface area (Å²) < 4.78 is 26.8. The second kappa shape index (κ2) is 8.66. The highest BCUT2D eigenvalue weighted by atomic mass is 35.5. The van der Waals surface area contributed by atoms with Crippen LogP contribution >= 0.6 is 11.6 Å². The van der Waals surface area contributed by atoms with Gasteiger partial charge < -0.3 is 5.32 Å². The predicted molar refractivity (Wildman–Crippen MR) is 104 cm³/mol. The smallest absolute Gasteiger partial charge is 0.251 e. The lowest BCUT2D eigenvalue weighted by Gasteiger charge is -2.20. The van der Waals surface area contributed by atoms with Gasteiger partial charge >= 0.3 is 0 Å². The molecular weight excluding hydrogens is 372 g/mol. The van der Waals surface area contributed by atoms with Crippen LogP contribution in [0.5, 0.6) is 0 Å². The molecule has 0 aliphatic rings. The van der Waals surface area contributed by atoms with Crippen molar-refractivity contribution in [1.29, 1.82) is 0 Å². The normalized spacial score (nSPS) is 12.8. The van der Waals surface area contributed by atoms with E-state index in [2.05, 4.69) is 5.32 Å². The molecule has 5 nitrogen and oxygen atoms in total. The van der Waals surface area contributed by atoms with Crippen LogP contribution in [0.4, 0.5) is 0 Å². The van der Waals surface area contributed by atoms with Crippen molar-refractivity contribution in [2.75, 3.05) is 13.1 Å². The third-order valence-electron chi connectivity index (χ3n) is 4.16. The lowest BCUT2D eigenvalue weighted by Crippen LogP contribution is -2.31. The van der Waals surface area contributed by atoms with Crippen molar-refractivity contribution in [2.45, 2.75) is 31.7 Å². The van der Waals surface area contributed by atoms with Gasteiger partial charge in [0.25, 0.3) is 5.91 Å². The summed E-state index contributed by atoms with van der Waals surface area (Å²) in [6.07, 6.45) is 0. The maximum Gasteiger partial charge on any atom is 0.251 e. The third-order valence-corrected chi connectivity index (χ3v) is 6.70. The Labute approximate surface area is 160 Å². The summed E-state index contributed by atoms with van der Waals surface area (Å²) in [7, 11) is -3.75. The van der Waals surface area contributed by atoms with E-state index in [4.69, 9.17) is 11.6 Å². The number of nitrogens with zero attached hydrogens (tertiary/aromatic N) is 1. The minimum Gasteiger partial charge on any atom is -0.346 e. The van der Waals surface area contributed by atoms with Crippen molar-refractivity contribution < 1.29 is 13.2 Å². The maximum atomic E-state index is 12.7. The van der Waals surface area contributed by atoms with Crippen molar-refractivity contribution in [2.24, 2.45) is 0 Å². The van der Waals surface area contributed by atoms with E-state index in [1.54, 1.807) is 13.8 Å². The largest absolute Gasteiger partial charge is 0.346 e. The van der Waals surface area contributed by atoms with Crippen LogP contribution in [0.2, 0.25) is 5.02 Å². The summed E-state index contributed by atoms with van der Waals surface area (Å²) >= 11 is 6.11. The number of benzene rings is 2. The van der Waals surface area contributed by atoms with Crippen LogP contribution in [-0.4, -0.2) is 31.7 Å². The third kappa shape index (κ3) is 4.44. The molecular formula is C19H23ClN2O3S. The molecule has 0 spiro atoms. The lowest BCUT2D eigenvalue weighted by atomic mass is 10.1. The molecule has 140 valence electrons. The predicted octanol–water partition coefficient (Wildman–Crippen LogP) is 3.86. The molecule has 0 radical (unpaired) electrons. The van der Waals surface area contributed by atoms with Crippen molar-refractivity contribution in [3.05, 3.63) is 64.7 Å². The Bertz CT molecular complexity index is 866. The van der Waals surface area contributed by atoms with Gasteiger partial charge in [0.2, 0.25) is 10.0 Å². The Kier molecular flexibility index (Phi) is 6.81. The number of carbonyl (C=O) groups is 1. The van der Waals surface area contributed by atoms with Gasteiger partial charge in [0.05, 0.1) is 11.1 Å². The molecule has 0 aliphatic carbocycles. The first kappa shape index (κ1) is 20.4. The number of hydrogen-bond acceptors (Lipinski definition) is 3.